The summed E-state index contributed by atoms with van der Waals surface area (Å²) in [6, 6.07) is 4.16. The van der Waals surface area contributed by atoms with Gasteiger partial charge in [-0.05, 0) is 25.0 Å². The summed E-state index contributed by atoms with van der Waals surface area (Å²) in [4.78, 5) is 17.5. The van der Waals surface area contributed by atoms with Gasteiger partial charge in [-0.3, -0.25) is 9.48 Å². The number of hydrogen-bond acceptors (Lipinski definition) is 3. The van der Waals surface area contributed by atoms with Gasteiger partial charge >= 0.3 is 0 Å². The van der Waals surface area contributed by atoms with Crippen LogP contribution < -0.4 is 5.73 Å². The van der Waals surface area contributed by atoms with Gasteiger partial charge in [0.15, 0.2) is 0 Å². The summed E-state index contributed by atoms with van der Waals surface area (Å²) < 4.78 is 1.59. The first-order chi connectivity index (χ1) is 9.24. The Kier molecular flexibility index (Phi) is 2.98. The van der Waals surface area contributed by atoms with E-state index in [1.807, 2.05) is 23.2 Å². The number of aromatic nitrogens is 3. The third kappa shape index (κ3) is 2.33. The first kappa shape index (κ1) is 11.8. The minimum atomic E-state index is 0.0835. The summed E-state index contributed by atoms with van der Waals surface area (Å²) in [7, 11) is 0. The predicted octanol–water partition coefficient (Wildman–Crippen LogP) is 1.16. The molecule has 1 fully saturated rings. The lowest BCUT2D eigenvalue weighted by molar-refractivity contribution is -0.133. The SMILES string of the molecule is Nc1cnn(CC(=O)N2CCC[C@H]2c2ccc[nH]2)c1. The van der Waals surface area contributed by atoms with E-state index in [0.29, 0.717) is 5.69 Å². The number of carbonyl (C=O) groups is 1. The maximum atomic E-state index is 12.3. The highest BCUT2D eigenvalue weighted by Gasteiger charge is 2.30. The number of nitrogens with two attached hydrogens (primary N) is 1. The Balaban J connectivity index is 1.72. The van der Waals surface area contributed by atoms with Gasteiger partial charge in [0.1, 0.15) is 6.54 Å². The van der Waals surface area contributed by atoms with Crippen molar-refractivity contribution in [2.75, 3.05) is 12.3 Å². The number of nitrogens with zero attached hydrogens (tertiary/aromatic N) is 3. The smallest absolute Gasteiger partial charge is 0.244 e. The Morgan fingerprint density at radius 2 is 2.47 bits per heavy atom. The number of likely N-dealkylation sites (tertiary alicyclic amines) is 1. The fourth-order valence-electron chi connectivity index (χ4n) is 2.64. The van der Waals surface area contributed by atoms with Crippen molar-refractivity contribution in [1.82, 2.24) is 19.7 Å². The molecule has 1 amide bonds. The van der Waals surface area contributed by atoms with Crippen LogP contribution in [0.3, 0.4) is 0 Å². The van der Waals surface area contributed by atoms with Gasteiger partial charge in [-0.1, -0.05) is 0 Å². The number of anilines is 1. The monoisotopic (exact) mass is 259 g/mol. The van der Waals surface area contributed by atoms with Crippen molar-refractivity contribution in [2.45, 2.75) is 25.4 Å². The quantitative estimate of drug-likeness (QED) is 0.868. The largest absolute Gasteiger partial charge is 0.396 e. The van der Waals surface area contributed by atoms with E-state index in [0.717, 1.165) is 25.1 Å². The van der Waals surface area contributed by atoms with E-state index in [-0.39, 0.29) is 18.5 Å². The Bertz CT molecular complexity index is 559. The molecule has 0 spiro atoms. The summed E-state index contributed by atoms with van der Waals surface area (Å²) in [6.07, 6.45) is 7.17. The van der Waals surface area contributed by atoms with E-state index in [9.17, 15) is 4.79 Å². The highest BCUT2D eigenvalue weighted by Crippen LogP contribution is 2.30. The lowest BCUT2D eigenvalue weighted by Gasteiger charge is -2.24. The molecular formula is C13H17N5O. The molecule has 3 N–H and O–H groups in total. The molecule has 1 aliphatic heterocycles. The van der Waals surface area contributed by atoms with Crippen LogP contribution in [0.15, 0.2) is 30.7 Å². The molecule has 19 heavy (non-hydrogen) atoms. The molecule has 0 aliphatic carbocycles. The molecule has 1 saturated heterocycles. The number of amides is 1. The highest BCUT2D eigenvalue weighted by atomic mass is 16.2. The van der Waals surface area contributed by atoms with Crippen LogP contribution in [0.4, 0.5) is 5.69 Å². The van der Waals surface area contributed by atoms with Crippen LogP contribution >= 0.6 is 0 Å². The molecule has 0 aromatic carbocycles. The number of rotatable bonds is 3. The van der Waals surface area contributed by atoms with E-state index in [4.69, 9.17) is 5.73 Å². The standard InChI is InChI=1S/C13H17N5O/c14-10-7-16-17(8-10)9-13(19)18-6-2-4-12(18)11-3-1-5-15-11/h1,3,5,7-8,12,15H,2,4,6,9,14H2/t12-/m0/s1. The third-order valence-corrected chi connectivity index (χ3v) is 3.50. The van der Waals surface area contributed by atoms with Crippen LogP contribution in [0.2, 0.25) is 0 Å². The Labute approximate surface area is 111 Å². The van der Waals surface area contributed by atoms with E-state index < -0.39 is 0 Å². The molecule has 3 heterocycles. The molecule has 6 heteroatoms. The second-order valence-electron chi connectivity index (χ2n) is 4.84. The second-order valence-corrected chi connectivity index (χ2v) is 4.84. The van der Waals surface area contributed by atoms with Crippen LogP contribution in [0.1, 0.15) is 24.6 Å². The number of nitrogens with one attached hydrogen (secondary N) is 1. The zero-order chi connectivity index (χ0) is 13.2. The summed E-state index contributed by atoms with van der Waals surface area (Å²) in [5.41, 5.74) is 7.28. The Morgan fingerprint density at radius 3 is 3.16 bits per heavy atom. The number of carbonyl (C=O) groups excluding carboxylic acids is 1. The van der Waals surface area contributed by atoms with Crippen molar-refractivity contribution >= 4 is 11.6 Å². The second kappa shape index (κ2) is 4.79. The van der Waals surface area contributed by atoms with Gasteiger partial charge in [-0.15, -0.1) is 0 Å². The van der Waals surface area contributed by atoms with Crippen molar-refractivity contribution in [3.8, 4) is 0 Å². The van der Waals surface area contributed by atoms with Gasteiger partial charge in [0.25, 0.3) is 0 Å². The number of H-pyrrole nitrogens is 1. The molecular weight excluding hydrogens is 242 g/mol. The molecule has 100 valence electrons. The summed E-state index contributed by atoms with van der Waals surface area (Å²) in [5.74, 6) is 0.0835. The molecule has 0 saturated carbocycles. The normalized spacial score (nSPS) is 18.9. The molecule has 0 bridgehead atoms. The summed E-state index contributed by atoms with van der Waals surface area (Å²) in [5, 5.41) is 4.05. The zero-order valence-corrected chi connectivity index (χ0v) is 10.6. The van der Waals surface area contributed by atoms with Gasteiger partial charge in [-0.25, -0.2) is 0 Å². The molecule has 6 nitrogen and oxygen atoms in total. The van der Waals surface area contributed by atoms with Crippen LogP contribution in [-0.4, -0.2) is 32.1 Å². The van der Waals surface area contributed by atoms with Crippen molar-refractivity contribution in [1.29, 1.82) is 0 Å². The summed E-state index contributed by atoms with van der Waals surface area (Å²) in [6.45, 7) is 1.05. The lowest BCUT2D eigenvalue weighted by atomic mass is 10.1. The van der Waals surface area contributed by atoms with Crippen LogP contribution in [0.5, 0.6) is 0 Å². The van der Waals surface area contributed by atoms with Gasteiger partial charge in [0.2, 0.25) is 5.91 Å². The van der Waals surface area contributed by atoms with Crippen LogP contribution in [0.25, 0.3) is 0 Å². The van der Waals surface area contributed by atoms with E-state index in [1.54, 1.807) is 17.1 Å². The summed E-state index contributed by atoms with van der Waals surface area (Å²) >= 11 is 0. The third-order valence-electron chi connectivity index (χ3n) is 3.50. The average molecular weight is 259 g/mol. The molecule has 0 unspecified atom stereocenters. The zero-order valence-electron chi connectivity index (χ0n) is 10.6. The van der Waals surface area contributed by atoms with Crippen molar-refractivity contribution in [3.63, 3.8) is 0 Å². The molecule has 0 radical (unpaired) electrons. The van der Waals surface area contributed by atoms with E-state index in [2.05, 4.69) is 10.1 Å². The topological polar surface area (TPSA) is 79.9 Å². The lowest BCUT2D eigenvalue weighted by Crippen LogP contribution is -2.33. The number of nitrogen functional groups attached to an aromatic ring is 1. The van der Waals surface area contributed by atoms with E-state index in [1.165, 1.54) is 0 Å². The van der Waals surface area contributed by atoms with E-state index >= 15 is 0 Å². The Hall–Kier alpha value is -2.24. The maximum Gasteiger partial charge on any atom is 0.244 e. The Morgan fingerprint density at radius 1 is 1.58 bits per heavy atom. The number of hydrogen-bond donors (Lipinski definition) is 2. The van der Waals surface area contributed by atoms with Crippen LogP contribution in [-0.2, 0) is 11.3 Å². The van der Waals surface area contributed by atoms with Crippen LogP contribution in [0, 0.1) is 0 Å². The molecule has 1 atom stereocenters. The minimum absolute atomic E-state index is 0.0835. The average Bonchev–Trinajstić information content (AvgIpc) is 3.07. The fraction of sp³-hybridized carbons (Fsp3) is 0.385. The minimum Gasteiger partial charge on any atom is -0.396 e. The highest BCUT2D eigenvalue weighted by molar-refractivity contribution is 5.76. The van der Waals surface area contributed by atoms with Gasteiger partial charge in [-0.2, -0.15) is 5.10 Å². The fourth-order valence-corrected chi connectivity index (χ4v) is 2.64. The molecule has 3 rings (SSSR count). The number of aromatic amines is 1. The first-order valence-electron chi connectivity index (χ1n) is 6.45. The van der Waals surface area contributed by atoms with Gasteiger partial charge < -0.3 is 15.6 Å². The van der Waals surface area contributed by atoms with Crippen molar-refractivity contribution in [3.05, 3.63) is 36.4 Å². The van der Waals surface area contributed by atoms with Crippen molar-refractivity contribution in [2.24, 2.45) is 0 Å². The first-order valence-corrected chi connectivity index (χ1v) is 6.45. The molecule has 1 aliphatic rings. The maximum absolute atomic E-state index is 12.3. The predicted molar refractivity (Wildman–Crippen MR) is 71.1 cm³/mol. The molecule has 2 aromatic rings. The molecule has 2 aromatic heterocycles. The van der Waals surface area contributed by atoms with Gasteiger partial charge in [0.05, 0.1) is 17.9 Å². The van der Waals surface area contributed by atoms with Gasteiger partial charge in [0, 0.05) is 24.6 Å². The van der Waals surface area contributed by atoms with Crippen molar-refractivity contribution < 1.29 is 4.79 Å².